The molecule has 2 aromatic carbocycles. The summed E-state index contributed by atoms with van der Waals surface area (Å²) in [5, 5.41) is 0. The molecule has 0 fully saturated rings. The lowest BCUT2D eigenvalue weighted by Crippen LogP contribution is -2.09. The molecule has 1 aliphatic carbocycles. The third kappa shape index (κ3) is 3.45. The summed E-state index contributed by atoms with van der Waals surface area (Å²) in [6.45, 7) is 1.84. The summed E-state index contributed by atoms with van der Waals surface area (Å²) >= 11 is 0. The Morgan fingerprint density at radius 2 is 1.53 bits per heavy atom. The zero-order valence-corrected chi connectivity index (χ0v) is 19.4. The Morgan fingerprint density at radius 3 is 2.09 bits per heavy atom. The molecular formula is C25H23NO8. The lowest BCUT2D eigenvalue weighted by Gasteiger charge is -2.15. The Labute approximate surface area is 195 Å². The van der Waals surface area contributed by atoms with Crippen LogP contribution >= 0.6 is 0 Å². The molecule has 1 aromatic heterocycles. The molecule has 0 unspecified atom stereocenters. The third-order valence-electron chi connectivity index (χ3n) is 5.61. The molecule has 9 nitrogen and oxygen atoms in total. The predicted octanol–water partition coefficient (Wildman–Crippen LogP) is 3.88. The molecule has 0 aliphatic heterocycles. The number of carbonyl (C=O) groups is 3. The Bertz CT molecular complexity index is 1300. The first-order valence-corrected chi connectivity index (χ1v) is 10.4. The minimum atomic E-state index is -0.626. The number of esters is 2. The van der Waals surface area contributed by atoms with Crippen LogP contribution in [-0.2, 0) is 9.47 Å². The first-order chi connectivity index (χ1) is 16.4. The van der Waals surface area contributed by atoms with Crippen molar-refractivity contribution < 1.29 is 38.1 Å². The van der Waals surface area contributed by atoms with E-state index in [1.165, 1.54) is 34.5 Å². The standard InChI is InChI=1S/C25H23NO8/c1-6-34-25(29)21-18(13-10-16(30-2)23(32-4)17(11-13)31-3)19-20(26-21)15-9-12(24(28)33-5)7-8-14(15)22(19)27/h7-11,26H,6H2,1-5H3. The Kier molecular flexibility index (Phi) is 6.02. The Balaban J connectivity index is 2.01. The molecule has 0 bridgehead atoms. The number of aromatic nitrogens is 1. The van der Waals surface area contributed by atoms with Crippen LogP contribution in [0.5, 0.6) is 17.2 Å². The van der Waals surface area contributed by atoms with Gasteiger partial charge in [-0.1, -0.05) is 0 Å². The number of benzene rings is 2. The first kappa shape index (κ1) is 22.9. The fourth-order valence-corrected chi connectivity index (χ4v) is 4.13. The van der Waals surface area contributed by atoms with Gasteiger partial charge in [0.05, 0.1) is 51.9 Å². The lowest BCUT2D eigenvalue weighted by molar-refractivity contribution is 0.0520. The van der Waals surface area contributed by atoms with Gasteiger partial charge in [-0.2, -0.15) is 0 Å². The number of rotatable bonds is 7. The number of H-pyrrole nitrogens is 1. The number of fused-ring (bicyclic) bond motifs is 3. The summed E-state index contributed by atoms with van der Waals surface area (Å²) in [4.78, 5) is 41.5. The van der Waals surface area contributed by atoms with Crippen molar-refractivity contribution in [3.63, 3.8) is 0 Å². The van der Waals surface area contributed by atoms with E-state index >= 15 is 0 Å². The molecular weight excluding hydrogens is 442 g/mol. The van der Waals surface area contributed by atoms with Crippen molar-refractivity contribution in [2.45, 2.75) is 6.92 Å². The van der Waals surface area contributed by atoms with Gasteiger partial charge >= 0.3 is 11.9 Å². The van der Waals surface area contributed by atoms with Crippen molar-refractivity contribution in [1.82, 2.24) is 4.98 Å². The summed E-state index contributed by atoms with van der Waals surface area (Å²) in [6, 6.07) is 7.98. The largest absolute Gasteiger partial charge is 0.493 e. The second-order valence-corrected chi connectivity index (χ2v) is 7.34. The quantitative estimate of drug-likeness (QED) is 0.409. The van der Waals surface area contributed by atoms with Crippen LogP contribution in [0.3, 0.4) is 0 Å². The molecule has 34 heavy (non-hydrogen) atoms. The van der Waals surface area contributed by atoms with Gasteiger partial charge < -0.3 is 28.7 Å². The van der Waals surface area contributed by atoms with Crippen LogP contribution in [0.1, 0.15) is 43.7 Å². The molecule has 0 amide bonds. The first-order valence-electron chi connectivity index (χ1n) is 10.4. The van der Waals surface area contributed by atoms with Gasteiger partial charge in [-0.05, 0) is 42.8 Å². The van der Waals surface area contributed by atoms with Gasteiger partial charge in [0.15, 0.2) is 17.3 Å². The van der Waals surface area contributed by atoms with Crippen molar-refractivity contribution in [3.8, 4) is 39.6 Å². The topological polar surface area (TPSA) is 113 Å². The maximum Gasteiger partial charge on any atom is 0.355 e. The van der Waals surface area contributed by atoms with Crippen LogP contribution in [0.2, 0.25) is 0 Å². The van der Waals surface area contributed by atoms with Gasteiger partial charge in [0.2, 0.25) is 5.75 Å². The predicted molar refractivity (Wildman–Crippen MR) is 122 cm³/mol. The second kappa shape index (κ2) is 8.93. The molecule has 0 spiro atoms. The number of nitrogens with one attached hydrogen (secondary N) is 1. The fraction of sp³-hybridized carbons (Fsp3) is 0.240. The van der Waals surface area contributed by atoms with Gasteiger partial charge in [-0.3, -0.25) is 4.79 Å². The van der Waals surface area contributed by atoms with E-state index in [2.05, 4.69) is 4.98 Å². The smallest absolute Gasteiger partial charge is 0.355 e. The van der Waals surface area contributed by atoms with Crippen molar-refractivity contribution in [1.29, 1.82) is 0 Å². The highest BCUT2D eigenvalue weighted by molar-refractivity contribution is 6.26. The summed E-state index contributed by atoms with van der Waals surface area (Å²) in [5.41, 5.74) is 2.81. The van der Waals surface area contributed by atoms with E-state index in [1.807, 2.05) is 0 Å². The number of aromatic amines is 1. The molecule has 1 heterocycles. The minimum absolute atomic E-state index is 0.101. The van der Waals surface area contributed by atoms with Crippen molar-refractivity contribution >= 4 is 17.7 Å². The highest BCUT2D eigenvalue weighted by Crippen LogP contribution is 2.47. The number of ether oxygens (including phenoxy) is 5. The Morgan fingerprint density at radius 1 is 0.853 bits per heavy atom. The van der Waals surface area contributed by atoms with Gasteiger partial charge in [0.1, 0.15) is 5.69 Å². The number of hydrogen-bond donors (Lipinski definition) is 1. The molecule has 0 radical (unpaired) electrons. The van der Waals surface area contributed by atoms with Gasteiger partial charge in [0.25, 0.3) is 0 Å². The van der Waals surface area contributed by atoms with E-state index < -0.39 is 11.9 Å². The van der Waals surface area contributed by atoms with Crippen molar-refractivity contribution in [2.75, 3.05) is 35.0 Å². The summed E-state index contributed by atoms with van der Waals surface area (Å²) in [5.74, 6) is -0.368. The Hall–Kier alpha value is -4.27. The molecule has 1 N–H and O–H groups in total. The van der Waals surface area contributed by atoms with E-state index in [-0.39, 0.29) is 29.2 Å². The summed E-state index contributed by atoms with van der Waals surface area (Å²) in [7, 11) is 5.72. The minimum Gasteiger partial charge on any atom is -0.493 e. The lowest BCUT2D eigenvalue weighted by atomic mass is 9.97. The molecule has 3 aromatic rings. The molecule has 176 valence electrons. The van der Waals surface area contributed by atoms with Gasteiger partial charge in [-0.15, -0.1) is 0 Å². The average Bonchev–Trinajstić information content (AvgIpc) is 3.38. The molecule has 9 heteroatoms. The van der Waals surface area contributed by atoms with E-state index in [1.54, 1.807) is 31.2 Å². The van der Waals surface area contributed by atoms with Crippen LogP contribution in [0.25, 0.3) is 22.4 Å². The average molecular weight is 465 g/mol. The number of ketones is 1. The SMILES string of the molecule is CCOC(=O)c1[nH]c2c(c1-c1cc(OC)c(OC)c(OC)c1)C(=O)c1ccc(C(=O)OC)cc1-2. The summed E-state index contributed by atoms with van der Waals surface area (Å²) < 4.78 is 26.4. The summed E-state index contributed by atoms with van der Waals surface area (Å²) in [6.07, 6.45) is 0. The molecule has 4 rings (SSSR count). The molecule has 0 atom stereocenters. The number of carbonyl (C=O) groups excluding carboxylic acids is 3. The second-order valence-electron chi connectivity index (χ2n) is 7.34. The van der Waals surface area contributed by atoms with Crippen LogP contribution < -0.4 is 14.2 Å². The van der Waals surface area contributed by atoms with Crippen LogP contribution in [-0.4, -0.2) is 57.8 Å². The van der Waals surface area contributed by atoms with Crippen molar-refractivity contribution in [2.24, 2.45) is 0 Å². The maximum atomic E-state index is 13.5. The molecule has 0 saturated heterocycles. The zero-order valence-electron chi connectivity index (χ0n) is 19.4. The third-order valence-corrected chi connectivity index (χ3v) is 5.61. The van der Waals surface area contributed by atoms with E-state index in [0.29, 0.717) is 45.2 Å². The number of methoxy groups -OCH3 is 4. The fourth-order valence-electron chi connectivity index (χ4n) is 4.13. The van der Waals surface area contributed by atoms with E-state index in [4.69, 9.17) is 23.7 Å². The number of hydrogen-bond acceptors (Lipinski definition) is 8. The van der Waals surface area contributed by atoms with E-state index in [9.17, 15) is 14.4 Å². The van der Waals surface area contributed by atoms with Crippen molar-refractivity contribution in [3.05, 3.63) is 52.7 Å². The van der Waals surface area contributed by atoms with Gasteiger partial charge in [0, 0.05) is 16.7 Å². The molecule has 1 aliphatic rings. The van der Waals surface area contributed by atoms with Crippen LogP contribution in [0.15, 0.2) is 30.3 Å². The zero-order chi connectivity index (χ0) is 24.6. The monoisotopic (exact) mass is 465 g/mol. The van der Waals surface area contributed by atoms with Crippen LogP contribution in [0, 0.1) is 0 Å². The maximum absolute atomic E-state index is 13.5. The highest BCUT2D eigenvalue weighted by atomic mass is 16.5. The highest BCUT2D eigenvalue weighted by Gasteiger charge is 2.37. The van der Waals surface area contributed by atoms with Crippen LogP contribution in [0.4, 0.5) is 0 Å². The normalized spacial score (nSPS) is 11.5. The van der Waals surface area contributed by atoms with E-state index in [0.717, 1.165) is 0 Å². The van der Waals surface area contributed by atoms with Gasteiger partial charge in [-0.25, -0.2) is 9.59 Å². The molecule has 0 saturated carbocycles.